The number of carbonyl (C=O) groups is 3. The number of imidazole rings is 1. The summed E-state index contributed by atoms with van der Waals surface area (Å²) in [6.45, 7) is -0.0403. The monoisotopic (exact) mass is 506 g/mol. The Kier molecular flexibility index (Phi) is 8.77. The van der Waals surface area contributed by atoms with Gasteiger partial charge in [-0.3, -0.25) is 18.8 Å². The minimum absolute atomic E-state index is 0.0403. The van der Waals surface area contributed by atoms with Crippen molar-refractivity contribution in [2.45, 2.75) is 57.4 Å². The molecule has 1 amide bonds. The van der Waals surface area contributed by atoms with Crippen LogP contribution < -0.4 is 10.6 Å². The van der Waals surface area contributed by atoms with Crippen molar-refractivity contribution in [3.63, 3.8) is 0 Å². The van der Waals surface area contributed by atoms with Crippen LogP contribution in [-0.2, 0) is 27.2 Å². The summed E-state index contributed by atoms with van der Waals surface area (Å²) < 4.78 is 6.55. The fourth-order valence-electron chi connectivity index (χ4n) is 5.10. The highest BCUT2D eigenvalue weighted by atomic mass is 16.5. The first kappa shape index (κ1) is 26.2. The lowest BCUT2D eigenvalue weighted by molar-refractivity contribution is -0.139. The minimum atomic E-state index is -0.924. The number of aryl methyl sites for hydroxylation is 2. The Morgan fingerprint density at radius 2 is 1.84 bits per heavy atom. The van der Waals surface area contributed by atoms with Crippen LogP contribution in [0.25, 0.3) is 5.65 Å². The highest BCUT2D eigenvalue weighted by Gasteiger charge is 2.28. The van der Waals surface area contributed by atoms with Gasteiger partial charge in [0.25, 0.3) is 5.91 Å². The molecule has 1 aliphatic carbocycles. The van der Waals surface area contributed by atoms with Crippen molar-refractivity contribution in [1.29, 1.82) is 0 Å². The third-order valence-electron chi connectivity index (χ3n) is 7.02. The Morgan fingerprint density at radius 1 is 1.08 bits per heavy atom. The van der Waals surface area contributed by atoms with Crippen molar-refractivity contribution < 1.29 is 24.2 Å². The number of aromatic nitrogens is 2. The molecular formula is C28H34N4O5. The molecule has 1 atom stereocenters. The lowest BCUT2D eigenvalue weighted by Gasteiger charge is -2.30. The number of carboxylic acid groups (broad SMARTS) is 1. The molecule has 1 aliphatic rings. The second kappa shape index (κ2) is 12.4. The summed E-state index contributed by atoms with van der Waals surface area (Å²) in [6.07, 6.45) is 8.09. The van der Waals surface area contributed by atoms with Crippen molar-refractivity contribution in [3.8, 4) is 0 Å². The molecule has 1 unspecified atom stereocenters. The summed E-state index contributed by atoms with van der Waals surface area (Å²) in [5, 5.41) is 15.6. The maximum absolute atomic E-state index is 13.5. The molecule has 0 spiro atoms. The van der Waals surface area contributed by atoms with Gasteiger partial charge in [0.1, 0.15) is 12.4 Å². The first-order valence-electron chi connectivity index (χ1n) is 12.8. The Bertz CT molecular complexity index is 1230. The first-order chi connectivity index (χ1) is 18.0. The van der Waals surface area contributed by atoms with E-state index < -0.39 is 18.0 Å². The zero-order chi connectivity index (χ0) is 26.2. The van der Waals surface area contributed by atoms with E-state index in [9.17, 15) is 19.5 Å². The van der Waals surface area contributed by atoms with Crippen LogP contribution in [0.3, 0.4) is 0 Å². The number of carbonyl (C=O) groups excluding carboxylic acids is 2. The molecule has 0 saturated heterocycles. The highest BCUT2D eigenvalue weighted by Crippen LogP contribution is 2.29. The number of fused-ring (bicyclic) bond motifs is 1. The average Bonchev–Trinajstić information content (AvgIpc) is 3.28. The standard InChI is InChI=1S/C28H34N4O5/c1-37-25(35)18-29-27-22(15-14-19-9-4-2-5-10-19)30-26-21(13-8-16-32(26)27)28(36)31-23(17-24(33)34)20-11-6-3-7-12-20/h2,4-5,8-10,13,16,20,23,29H,3,6-7,11-12,14-15,17-18H2,1H3,(H,31,36)(H,33,34). The van der Waals surface area contributed by atoms with Gasteiger partial charge in [0.2, 0.25) is 0 Å². The summed E-state index contributed by atoms with van der Waals surface area (Å²) in [5.74, 6) is -0.914. The second-order valence-corrected chi connectivity index (χ2v) is 9.51. The van der Waals surface area contributed by atoms with Crippen LogP contribution in [0.4, 0.5) is 5.82 Å². The van der Waals surface area contributed by atoms with E-state index in [4.69, 9.17) is 9.72 Å². The van der Waals surface area contributed by atoms with Gasteiger partial charge >= 0.3 is 11.9 Å². The van der Waals surface area contributed by atoms with Gasteiger partial charge in [0.15, 0.2) is 5.65 Å². The number of esters is 1. The molecule has 9 heteroatoms. The molecule has 1 saturated carbocycles. The van der Waals surface area contributed by atoms with Crippen molar-refractivity contribution in [2.75, 3.05) is 19.0 Å². The Hall–Kier alpha value is -3.88. The third-order valence-corrected chi connectivity index (χ3v) is 7.02. The van der Waals surface area contributed by atoms with E-state index in [1.807, 2.05) is 30.3 Å². The van der Waals surface area contributed by atoms with E-state index in [0.29, 0.717) is 23.4 Å². The van der Waals surface area contributed by atoms with Crippen LogP contribution in [0, 0.1) is 5.92 Å². The van der Waals surface area contributed by atoms with E-state index in [2.05, 4.69) is 10.6 Å². The van der Waals surface area contributed by atoms with Crippen molar-refractivity contribution in [3.05, 3.63) is 65.5 Å². The molecule has 37 heavy (non-hydrogen) atoms. The zero-order valence-corrected chi connectivity index (χ0v) is 21.1. The molecule has 3 aromatic rings. The third kappa shape index (κ3) is 6.67. The number of hydrogen-bond acceptors (Lipinski definition) is 6. The minimum Gasteiger partial charge on any atom is -0.481 e. The summed E-state index contributed by atoms with van der Waals surface area (Å²) in [5.41, 5.74) is 2.69. The molecule has 0 radical (unpaired) electrons. The quantitative estimate of drug-likeness (QED) is 0.338. The van der Waals surface area contributed by atoms with Crippen LogP contribution >= 0.6 is 0 Å². The number of amides is 1. The lowest BCUT2D eigenvalue weighted by Crippen LogP contribution is -2.42. The van der Waals surface area contributed by atoms with E-state index in [1.54, 1.807) is 22.7 Å². The normalized spacial score (nSPS) is 14.7. The number of nitrogens with zero attached hydrogens (tertiary/aromatic N) is 2. The predicted octanol–water partition coefficient (Wildman–Crippen LogP) is 3.86. The topological polar surface area (TPSA) is 122 Å². The van der Waals surface area contributed by atoms with E-state index in [1.165, 1.54) is 7.11 Å². The molecule has 2 aromatic heterocycles. The maximum Gasteiger partial charge on any atom is 0.325 e. The number of carboxylic acids is 1. The van der Waals surface area contributed by atoms with Gasteiger partial charge in [-0.05, 0) is 49.3 Å². The maximum atomic E-state index is 13.5. The van der Waals surface area contributed by atoms with Crippen molar-refractivity contribution in [2.24, 2.45) is 5.92 Å². The number of nitrogens with one attached hydrogen (secondary N) is 2. The van der Waals surface area contributed by atoms with Gasteiger partial charge in [0.05, 0.1) is 24.8 Å². The van der Waals surface area contributed by atoms with Gasteiger partial charge in [-0.25, -0.2) is 4.98 Å². The molecule has 1 aromatic carbocycles. The molecule has 0 bridgehead atoms. The Labute approximate surface area is 216 Å². The number of ether oxygens (including phenoxy) is 1. The summed E-state index contributed by atoms with van der Waals surface area (Å²) in [7, 11) is 1.33. The Morgan fingerprint density at radius 3 is 2.54 bits per heavy atom. The van der Waals surface area contributed by atoms with Crippen molar-refractivity contribution in [1.82, 2.24) is 14.7 Å². The van der Waals surface area contributed by atoms with Gasteiger partial charge in [0, 0.05) is 12.2 Å². The van der Waals surface area contributed by atoms with Crippen LogP contribution in [0.2, 0.25) is 0 Å². The molecular weight excluding hydrogens is 472 g/mol. The average molecular weight is 507 g/mol. The summed E-state index contributed by atoms with van der Waals surface area (Å²) in [4.78, 5) is 41.7. The van der Waals surface area contributed by atoms with E-state index >= 15 is 0 Å². The van der Waals surface area contributed by atoms with Crippen LogP contribution in [0.5, 0.6) is 0 Å². The predicted molar refractivity (Wildman–Crippen MR) is 140 cm³/mol. The number of aliphatic carboxylic acids is 1. The molecule has 9 nitrogen and oxygen atoms in total. The highest BCUT2D eigenvalue weighted by molar-refractivity contribution is 6.00. The second-order valence-electron chi connectivity index (χ2n) is 9.51. The fourth-order valence-corrected chi connectivity index (χ4v) is 5.10. The van der Waals surface area contributed by atoms with Gasteiger partial charge < -0.3 is 20.5 Å². The number of anilines is 1. The largest absolute Gasteiger partial charge is 0.481 e. The SMILES string of the molecule is COC(=O)CNc1c(CCc2ccccc2)nc2c(C(=O)NC(CC(=O)O)C3CCCCC3)cccn12. The summed E-state index contributed by atoms with van der Waals surface area (Å²) in [6, 6.07) is 13.0. The Balaban J connectivity index is 1.63. The molecule has 4 rings (SSSR count). The van der Waals surface area contributed by atoms with Gasteiger partial charge in [-0.1, -0.05) is 49.6 Å². The number of benzene rings is 1. The van der Waals surface area contributed by atoms with Crippen LogP contribution in [-0.4, -0.2) is 52.0 Å². The summed E-state index contributed by atoms with van der Waals surface area (Å²) >= 11 is 0. The molecule has 196 valence electrons. The van der Waals surface area contributed by atoms with E-state index in [-0.39, 0.29) is 24.8 Å². The zero-order valence-electron chi connectivity index (χ0n) is 21.1. The lowest BCUT2D eigenvalue weighted by atomic mass is 9.82. The van der Waals surface area contributed by atoms with E-state index in [0.717, 1.165) is 49.8 Å². The van der Waals surface area contributed by atoms with Gasteiger partial charge in [-0.15, -0.1) is 0 Å². The van der Waals surface area contributed by atoms with Crippen LogP contribution in [0.15, 0.2) is 48.7 Å². The van der Waals surface area contributed by atoms with Crippen molar-refractivity contribution >= 4 is 29.3 Å². The molecule has 2 heterocycles. The van der Waals surface area contributed by atoms with Crippen LogP contribution in [0.1, 0.15) is 60.1 Å². The molecule has 3 N–H and O–H groups in total. The number of rotatable bonds is 11. The fraction of sp³-hybridized carbons (Fsp3) is 0.429. The smallest absolute Gasteiger partial charge is 0.325 e. The number of hydrogen-bond donors (Lipinski definition) is 3. The van der Waals surface area contributed by atoms with Gasteiger partial charge in [-0.2, -0.15) is 0 Å². The number of pyridine rings is 1. The number of methoxy groups -OCH3 is 1. The first-order valence-corrected chi connectivity index (χ1v) is 12.8. The molecule has 1 fully saturated rings. The molecule has 0 aliphatic heterocycles.